The fraction of sp³-hybridized carbons (Fsp3) is 0.111. The molecule has 0 saturated carbocycles. The molecule has 82 valence electrons. The van der Waals surface area contributed by atoms with E-state index in [0.29, 0.717) is 0 Å². The molecule has 0 amide bonds. The van der Waals surface area contributed by atoms with Crippen LogP contribution in [0.1, 0.15) is 0 Å². The number of benzene rings is 1. The molecule has 0 atom stereocenters. The van der Waals surface area contributed by atoms with E-state index in [2.05, 4.69) is 6.58 Å². The van der Waals surface area contributed by atoms with Gasteiger partial charge in [-0.15, -0.1) is 23.8 Å². The average Bonchev–Trinajstić information content (AvgIpc) is 2.14. The molecule has 1 rings (SSSR count). The summed E-state index contributed by atoms with van der Waals surface area (Å²) in [5, 5.41) is 0. The van der Waals surface area contributed by atoms with Gasteiger partial charge >= 0.3 is 58.4 Å². The van der Waals surface area contributed by atoms with Crippen LogP contribution >= 0.6 is 11.8 Å². The third-order valence-electron chi connectivity index (χ3n) is 1.71. The second-order valence-corrected chi connectivity index (χ2v) is 3.97. The summed E-state index contributed by atoms with van der Waals surface area (Å²) in [6.45, 7) is -2.09. The van der Waals surface area contributed by atoms with E-state index in [9.17, 15) is 17.3 Å². The largest absolute Gasteiger partial charge is 1.00 e. The van der Waals surface area contributed by atoms with Crippen LogP contribution in [0.15, 0.2) is 41.2 Å². The van der Waals surface area contributed by atoms with Gasteiger partial charge in [0, 0.05) is 4.90 Å². The van der Waals surface area contributed by atoms with Gasteiger partial charge in [0.25, 0.3) is 0 Å². The van der Waals surface area contributed by atoms with Crippen LogP contribution in [0, 0.1) is 5.82 Å². The molecule has 0 aliphatic carbocycles. The van der Waals surface area contributed by atoms with E-state index in [0.717, 1.165) is 11.8 Å². The Morgan fingerprint density at radius 3 is 2.31 bits per heavy atom. The van der Waals surface area contributed by atoms with Crippen molar-refractivity contribution in [1.82, 2.24) is 0 Å². The quantitative estimate of drug-likeness (QED) is 0.446. The molecule has 0 fully saturated rings. The summed E-state index contributed by atoms with van der Waals surface area (Å²) in [5.41, 5.74) is -0.803. The molecule has 0 radical (unpaired) electrons. The van der Waals surface area contributed by atoms with E-state index >= 15 is 0 Å². The fourth-order valence-electron chi connectivity index (χ4n) is 0.827. The molecule has 0 aromatic heterocycles. The summed E-state index contributed by atoms with van der Waals surface area (Å²) in [4.78, 5) is 0.207. The third kappa shape index (κ3) is 5.38. The van der Waals surface area contributed by atoms with Crippen molar-refractivity contribution in [2.75, 3.05) is 5.75 Å². The summed E-state index contributed by atoms with van der Waals surface area (Å²) in [6.07, 6.45) is 0. The minimum absolute atomic E-state index is 0. The van der Waals surface area contributed by atoms with E-state index < -0.39 is 18.3 Å². The van der Waals surface area contributed by atoms with Gasteiger partial charge in [0.1, 0.15) is 5.82 Å². The topological polar surface area (TPSA) is 0 Å². The summed E-state index contributed by atoms with van der Waals surface area (Å²) in [6, 6.07) is 5.72. The molecule has 1 aromatic carbocycles. The normalized spacial score (nSPS) is 10.8. The van der Waals surface area contributed by atoms with Crippen molar-refractivity contribution in [3.05, 3.63) is 42.1 Å². The standard InChI is InChI=1S/C9H8BF4S.K/c1-7(10(12,13)14)6-15-9-5-3-2-4-8(9)11;/h2-5H,1,6H2;/q-1;+1. The summed E-state index contributed by atoms with van der Waals surface area (Å²) in [5.74, 6) is -0.838. The molecule has 0 N–H and O–H groups in total. The Bertz CT molecular complexity index is 367. The first-order valence-corrected chi connectivity index (χ1v) is 5.15. The van der Waals surface area contributed by atoms with Crippen molar-refractivity contribution in [3.8, 4) is 0 Å². The summed E-state index contributed by atoms with van der Waals surface area (Å²) >= 11 is 0.803. The maximum Gasteiger partial charge on any atom is 1.00 e. The number of hydrogen-bond donors (Lipinski definition) is 0. The summed E-state index contributed by atoms with van der Waals surface area (Å²) < 4.78 is 49.3. The monoisotopic (exact) mass is 274 g/mol. The molecule has 0 aliphatic heterocycles. The Balaban J connectivity index is 0.00000225. The zero-order valence-electron chi connectivity index (χ0n) is 8.72. The molecule has 0 bridgehead atoms. The van der Waals surface area contributed by atoms with Gasteiger partial charge in [0.05, 0.1) is 0 Å². The van der Waals surface area contributed by atoms with Crippen molar-refractivity contribution in [2.45, 2.75) is 4.90 Å². The van der Waals surface area contributed by atoms with Crippen LogP contribution in [-0.2, 0) is 0 Å². The van der Waals surface area contributed by atoms with Gasteiger partial charge in [-0.1, -0.05) is 12.1 Å². The minimum Gasteiger partial charge on any atom is -0.445 e. The number of rotatable bonds is 4. The van der Waals surface area contributed by atoms with E-state index in [1.165, 1.54) is 18.2 Å². The second-order valence-electron chi connectivity index (χ2n) is 2.95. The molecule has 1 aromatic rings. The fourth-order valence-corrected chi connectivity index (χ4v) is 1.74. The predicted molar refractivity (Wildman–Crippen MR) is 55.3 cm³/mol. The molecular formula is C9H8BF4KS. The first-order valence-electron chi connectivity index (χ1n) is 4.16. The van der Waals surface area contributed by atoms with Crippen molar-refractivity contribution in [2.24, 2.45) is 0 Å². The van der Waals surface area contributed by atoms with Crippen molar-refractivity contribution < 1.29 is 68.7 Å². The molecule has 7 heteroatoms. The van der Waals surface area contributed by atoms with Gasteiger partial charge in [0.15, 0.2) is 0 Å². The van der Waals surface area contributed by atoms with Crippen molar-refractivity contribution >= 4 is 18.7 Å². The van der Waals surface area contributed by atoms with Gasteiger partial charge in [-0.05, 0) is 17.9 Å². The molecule has 0 spiro atoms. The van der Waals surface area contributed by atoms with Gasteiger partial charge < -0.3 is 12.9 Å². The average molecular weight is 274 g/mol. The zero-order valence-corrected chi connectivity index (χ0v) is 12.7. The molecule has 0 heterocycles. The van der Waals surface area contributed by atoms with Gasteiger partial charge in [-0.3, -0.25) is 0 Å². The van der Waals surface area contributed by atoms with Gasteiger partial charge in [-0.25, -0.2) is 4.39 Å². The van der Waals surface area contributed by atoms with E-state index in [1.54, 1.807) is 6.07 Å². The van der Waals surface area contributed by atoms with Gasteiger partial charge in [0.2, 0.25) is 0 Å². The Morgan fingerprint density at radius 1 is 1.25 bits per heavy atom. The first kappa shape index (κ1) is 16.7. The van der Waals surface area contributed by atoms with Crippen LogP contribution in [0.3, 0.4) is 0 Å². The van der Waals surface area contributed by atoms with Crippen LogP contribution in [-0.4, -0.2) is 12.7 Å². The van der Waals surface area contributed by atoms with Gasteiger partial charge in [-0.2, -0.15) is 0 Å². The molecule has 0 aliphatic rings. The predicted octanol–water partition coefficient (Wildman–Crippen LogP) is 0.865. The first-order chi connectivity index (χ1) is 6.91. The molecule has 16 heavy (non-hydrogen) atoms. The molecule has 0 nitrogen and oxygen atoms in total. The van der Waals surface area contributed by atoms with Crippen molar-refractivity contribution in [3.63, 3.8) is 0 Å². The van der Waals surface area contributed by atoms with Crippen LogP contribution in [0.5, 0.6) is 0 Å². The van der Waals surface area contributed by atoms with Crippen molar-refractivity contribution in [1.29, 1.82) is 0 Å². The maximum atomic E-state index is 13.0. The van der Waals surface area contributed by atoms with E-state index in [4.69, 9.17) is 0 Å². The van der Waals surface area contributed by atoms with Crippen LogP contribution in [0.25, 0.3) is 0 Å². The van der Waals surface area contributed by atoms with E-state index in [1.807, 2.05) is 0 Å². The number of hydrogen-bond acceptors (Lipinski definition) is 1. The molecule has 0 unspecified atom stereocenters. The Morgan fingerprint density at radius 2 is 1.81 bits per heavy atom. The molecular weight excluding hydrogens is 266 g/mol. The Labute approximate surface area is 138 Å². The summed E-state index contributed by atoms with van der Waals surface area (Å²) in [7, 11) is 0. The SMILES string of the molecule is C=C(CSc1ccccc1F)[B-](F)(F)F.[K+]. The Hall–Kier alpha value is 0.731. The third-order valence-corrected chi connectivity index (χ3v) is 2.87. The minimum atomic E-state index is -5.02. The zero-order chi connectivity index (χ0) is 11.5. The van der Waals surface area contributed by atoms with E-state index in [-0.39, 0.29) is 62.0 Å². The van der Waals surface area contributed by atoms with Crippen LogP contribution in [0.4, 0.5) is 17.3 Å². The maximum absolute atomic E-state index is 13.0. The molecule has 0 saturated heterocycles. The smallest absolute Gasteiger partial charge is 0.445 e. The second kappa shape index (κ2) is 7.23. The van der Waals surface area contributed by atoms with Crippen LogP contribution < -0.4 is 51.4 Å². The number of halogens is 4. The number of thioether (sulfide) groups is 1. The Kier molecular flexibility index (Phi) is 7.56. The van der Waals surface area contributed by atoms with Crippen LogP contribution in [0.2, 0.25) is 0 Å².